The Balaban J connectivity index is 1.48. The van der Waals surface area contributed by atoms with Gasteiger partial charge in [-0.15, -0.1) is 0 Å². The Labute approximate surface area is 131 Å². The third kappa shape index (κ3) is 3.45. The molecule has 1 aromatic carbocycles. The Morgan fingerprint density at radius 1 is 1.09 bits per heavy atom. The van der Waals surface area contributed by atoms with Gasteiger partial charge >= 0.3 is 6.03 Å². The van der Waals surface area contributed by atoms with Crippen molar-refractivity contribution < 1.29 is 4.79 Å². The first kappa shape index (κ1) is 14.6. The highest BCUT2D eigenvalue weighted by atomic mass is 16.2. The van der Waals surface area contributed by atoms with Gasteiger partial charge < -0.3 is 10.6 Å². The average Bonchev–Trinajstić information content (AvgIpc) is 2.88. The number of rotatable bonds is 4. The van der Waals surface area contributed by atoms with Crippen LogP contribution in [-0.2, 0) is 19.4 Å². The summed E-state index contributed by atoms with van der Waals surface area (Å²) >= 11 is 0. The average molecular weight is 295 g/mol. The molecule has 1 aliphatic carbocycles. The number of carbonyl (C=O) groups is 1. The molecule has 2 amide bonds. The first-order chi connectivity index (χ1) is 10.6. The van der Waals surface area contributed by atoms with Gasteiger partial charge in [0.2, 0.25) is 0 Å². The van der Waals surface area contributed by atoms with Crippen molar-refractivity contribution in [3.8, 4) is 0 Å². The molecule has 0 radical (unpaired) electrons. The maximum Gasteiger partial charge on any atom is 0.315 e. The van der Waals surface area contributed by atoms with Crippen molar-refractivity contribution >= 4 is 6.03 Å². The molecule has 4 nitrogen and oxygen atoms in total. The third-order valence-corrected chi connectivity index (χ3v) is 4.18. The lowest BCUT2D eigenvalue weighted by molar-refractivity contribution is 0.232. The predicted molar refractivity (Wildman–Crippen MR) is 86.4 cm³/mol. The highest BCUT2D eigenvalue weighted by molar-refractivity contribution is 5.73. The van der Waals surface area contributed by atoms with Crippen LogP contribution in [0, 0.1) is 5.41 Å². The monoisotopic (exact) mass is 295 g/mol. The molecule has 0 aliphatic heterocycles. The molecule has 1 aromatic heterocycles. The summed E-state index contributed by atoms with van der Waals surface area (Å²) in [6.07, 6.45) is 3.76. The minimum Gasteiger partial charge on any atom is -0.338 e. The molecule has 22 heavy (non-hydrogen) atoms. The smallest absolute Gasteiger partial charge is 0.315 e. The van der Waals surface area contributed by atoms with Crippen molar-refractivity contribution in [1.29, 1.82) is 0 Å². The normalized spacial score (nSPS) is 15.1. The van der Waals surface area contributed by atoms with E-state index in [0.29, 0.717) is 13.1 Å². The third-order valence-electron chi connectivity index (χ3n) is 4.18. The van der Waals surface area contributed by atoms with Gasteiger partial charge in [0.25, 0.3) is 0 Å². The standard InChI is InChI=1S/C18H21N3O/c1-18(10-14-6-2-3-7-15(14)11-18)13-21-17(22)20-12-16-8-4-5-9-19-16/h2-9H,10-13H2,1H3,(H2,20,21,22). The second-order valence-electron chi connectivity index (χ2n) is 6.29. The summed E-state index contributed by atoms with van der Waals surface area (Å²) in [5.74, 6) is 0. The highest BCUT2D eigenvalue weighted by Gasteiger charge is 2.32. The van der Waals surface area contributed by atoms with Crippen LogP contribution in [0.15, 0.2) is 48.7 Å². The van der Waals surface area contributed by atoms with Gasteiger partial charge in [-0.1, -0.05) is 37.3 Å². The fourth-order valence-electron chi connectivity index (χ4n) is 3.04. The number of amides is 2. The van der Waals surface area contributed by atoms with Crippen LogP contribution in [0.3, 0.4) is 0 Å². The zero-order valence-electron chi connectivity index (χ0n) is 12.8. The van der Waals surface area contributed by atoms with E-state index in [1.165, 1.54) is 11.1 Å². The maximum atomic E-state index is 11.9. The Morgan fingerprint density at radius 3 is 2.41 bits per heavy atom. The van der Waals surface area contributed by atoms with Crippen LogP contribution in [0.25, 0.3) is 0 Å². The van der Waals surface area contributed by atoms with Gasteiger partial charge in [0.1, 0.15) is 0 Å². The molecule has 0 saturated carbocycles. The van der Waals surface area contributed by atoms with Crippen molar-refractivity contribution in [2.75, 3.05) is 6.54 Å². The number of aromatic nitrogens is 1. The molecule has 0 saturated heterocycles. The predicted octanol–water partition coefficient (Wildman–Crippen LogP) is 2.69. The van der Waals surface area contributed by atoms with Crippen molar-refractivity contribution in [2.45, 2.75) is 26.3 Å². The quantitative estimate of drug-likeness (QED) is 0.911. The zero-order chi connectivity index (χ0) is 15.4. The lowest BCUT2D eigenvalue weighted by atomic mass is 9.87. The van der Waals surface area contributed by atoms with E-state index in [1.54, 1.807) is 6.20 Å². The fraction of sp³-hybridized carbons (Fsp3) is 0.333. The summed E-state index contributed by atoms with van der Waals surface area (Å²) in [4.78, 5) is 16.1. The highest BCUT2D eigenvalue weighted by Crippen LogP contribution is 2.35. The SMILES string of the molecule is CC1(CNC(=O)NCc2ccccn2)Cc2ccccc2C1. The Bertz CT molecular complexity index is 629. The summed E-state index contributed by atoms with van der Waals surface area (Å²) in [7, 11) is 0. The number of urea groups is 1. The summed E-state index contributed by atoms with van der Waals surface area (Å²) in [6, 6.07) is 14.1. The fourth-order valence-corrected chi connectivity index (χ4v) is 3.04. The minimum atomic E-state index is -0.136. The molecule has 2 N–H and O–H groups in total. The van der Waals surface area contributed by atoms with E-state index >= 15 is 0 Å². The van der Waals surface area contributed by atoms with E-state index in [0.717, 1.165) is 18.5 Å². The molecule has 3 rings (SSSR count). The van der Waals surface area contributed by atoms with Crippen molar-refractivity contribution in [1.82, 2.24) is 15.6 Å². The van der Waals surface area contributed by atoms with Crippen LogP contribution in [0.2, 0.25) is 0 Å². The Kier molecular flexibility index (Phi) is 4.09. The number of nitrogens with zero attached hydrogens (tertiary/aromatic N) is 1. The van der Waals surface area contributed by atoms with Gasteiger partial charge in [-0.2, -0.15) is 0 Å². The lowest BCUT2D eigenvalue weighted by Crippen LogP contribution is -2.41. The van der Waals surface area contributed by atoms with Crippen molar-refractivity contribution in [3.05, 3.63) is 65.5 Å². The van der Waals surface area contributed by atoms with E-state index < -0.39 is 0 Å². The van der Waals surface area contributed by atoms with Crippen LogP contribution >= 0.6 is 0 Å². The van der Waals surface area contributed by atoms with E-state index in [2.05, 4.69) is 46.8 Å². The van der Waals surface area contributed by atoms with Gasteiger partial charge in [-0.25, -0.2) is 4.79 Å². The summed E-state index contributed by atoms with van der Waals surface area (Å²) in [5, 5.41) is 5.84. The molecule has 114 valence electrons. The number of nitrogens with one attached hydrogen (secondary N) is 2. The molecule has 1 aliphatic rings. The summed E-state index contributed by atoms with van der Waals surface area (Å²) in [5.41, 5.74) is 3.77. The molecule has 0 fully saturated rings. The summed E-state index contributed by atoms with van der Waals surface area (Å²) < 4.78 is 0. The van der Waals surface area contributed by atoms with E-state index in [1.807, 2.05) is 18.2 Å². The molecule has 0 spiro atoms. The van der Waals surface area contributed by atoms with Gasteiger partial charge in [-0.05, 0) is 41.5 Å². The van der Waals surface area contributed by atoms with Gasteiger partial charge in [-0.3, -0.25) is 4.98 Å². The largest absolute Gasteiger partial charge is 0.338 e. The molecule has 0 unspecified atom stereocenters. The van der Waals surface area contributed by atoms with Crippen molar-refractivity contribution in [2.24, 2.45) is 5.41 Å². The molecular formula is C18H21N3O. The van der Waals surface area contributed by atoms with Crippen LogP contribution in [0.1, 0.15) is 23.7 Å². The minimum absolute atomic E-state index is 0.103. The molecular weight excluding hydrogens is 274 g/mol. The number of hydrogen-bond donors (Lipinski definition) is 2. The molecule has 4 heteroatoms. The van der Waals surface area contributed by atoms with Crippen LogP contribution < -0.4 is 10.6 Å². The maximum absolute atomic E-state index is 11.9. The molecule has 1 heterocycles. The van der Waals surface area contributed by atoms with Crippen LogP contribution in [-0.4, -0.2) is 17.6 Å². The molecule has 2 aromatic rings. The van der Waals surface area contributed by atoms with Gasteiger partial charge in [0, 0.05) is 12.7 Å². The first-order valence-corrected chi connectivity index (χ1v) is 7.63. The summed E-state index contributed by atoms with van der Waals surface area (Å²) in [6.45, 7) is 3.35. The Morgan fingerprint density at radius 2 is 1.77 bits per heavy atom. The first-order valence-electron chi connectivity index (χ1n) is 7.63. The Hall–Kier alpha value is -2.36. The topological polar surface area (TPSA) is 54.0 Å². The number of hydrogen-bond acceptors (Lipinski definition) is 2. The van der Waals surface area contributed by atoms with Crippen LogP contribution in [0.4, 0.5) is 4.79 Å². The number of pyridine rings is 1. The second-order valence-corrected chi connectivity index (χ2v) is 6.29. The number of benzene rings is 1. The molecule has 0 bridgehead atoms. The van der Waals surface area contributed by atoms with Crippen molar-refractivity contribution in [3.63, 3.8) is 0 Å². The lowest BCUT2D eigenvalue weighted by Gasteiger charge is -2.24. The molecule has 0 atom stereocenters. The van der Waals surface area contributed by atoms with Crippen LogP contribution in [0.5, 0.6) is 0 Å². The number of carbonyl (C=O) groups excluding carboxylic acids is 1. The van der Waals surface area contributed by atoms with Gasteiger partial charge in [0.05, 0.1) is 12.2 Å². The van der Waals surface area contributed by atoms with E-state index in [4.69, 9.17) is 0 Å². The van der Waals surface area contributed by atoms with E-state index in [9.17, 15) is 4.79 Å². The zero-order valence-corrected chi connectivity index (χ0v) is 12.8. The number of fused-ring (bicyclic) bond motifs is 1. The second kappa shape index (κ2) is 6.18. The van der Waals surface area contributed by atoms with E-state index in [-0.39, 0.29) is 11.4 Å². The van der Waals surface area contributed by atoms with Gasteiger partial charge in [0.15, 0.2) is 0 Å².